The van der Waals surface area contributed by atoms with Gasteiger partial charge in [-0.2, -0.15) is 0 Å². The molecular weight excluding hydrogens is 258 g/mol. The van der Waals surface area contributed by atoms with Gasteiger partial charge in [-0.25, -0.2) is 0 Å². The van der Waals surface area contributed by atoms with E-state index in [0.29, 0.717) is 6.42 Å². The smallest absolute Gasteiger partial charge is 0.253 e. The van der Waals surface area contributed by atoms with Gasteiger partial charge in [0.25, 0.3) is 5.91 Å². The van der Waals surface area contributed by atoms with Gasteiger partial charge in [0.15, 0.2) is 5.84 Å². The van der Waals surface area contributed by atoms with Gasteiger partial charge in [-0.05, 0) is 24.6 Å². The van der Waals surface area contributed by atoms with Crippen LogP contribution in [0.1, 0.15) is 23.7 Å². The Morgan fingerprint density at radius 2 is 2.28 bits per heavy atom. The zero-order valence-corrected chi connectivity index (χ0v) is 10.5. The normalized spacial score (nSPS) is 13.1. The van der Waals surface area contributed by atoms with Crippen LogP contribution in [0.15, 0.2) is 23.4 Å². The summed E-state index contributed by atoms with van der Waals surface area (Å²) in [5.74, 6) is -0.669. The molecule has 98 valence electrons. The largest absolute Gasteiger partial charge is 0.508 e. The number of carbonyl (C=O) groups is 1. The third kappa shape index (κ3) is 3.27. The topological polar surface area (TPSA) is 108 Å². The van der Waals surface area contributed by atoms with Gasteiger partial charge in [-0.3, -0.25) is 4.79 Å². The van der Waals surface area contributed by atoms with E-state index in [9.17, 15) is 9.90 Å². The molecule has 0 fully saturated rings. The first-order chi connectivity index (χ1) is 8.49. The van der Waals surface area contributed by atoms with Crippen LogP contribution >= 0.6 is 11.6 Å². The summed E-state index contributed by atoms with van der Waals surface area (Å²) in [5, 5.41) is 23.5. The summed E-state index contributed by atoms with van der Waals surface area (Å²) in [7, 11) is 0. The van der Waals surface area contributed by atoms with E-state index in [1.54, 1.807) is 6.92 Å². The minimum atomic E-state index is -0.596. The third-order valence-corrected chi connectivity index (χ3v) is 2.71. The molecule has 1 unspecified atom stereocenters. The molecule has 1 aromatic carbocycles. The lowest BCUT2D eigenvalue weighted by atomic mass is 10.1. The number of phenols is 1. The number of phenolic OH excluding ortho intramolecular Hbond substituents is 1. The minimum Gasteiger partial charge on any atom is -0.508 e. The van der Waals surface area contributed by atoms with E-state index in [1.807, 2.05) is 0 Å². The van der Waals surface area contributed by atoms with Crippen molar-refractivity contribution in [1.82, 2.24) is 5.32 Å². The van der Waals surface area contributed by atoms with Crippen molar-refractivity contribution in [3.8, 4) is 5.75 Å². The standard InChI is InChI=1S/C11H14ClN3O3/c1-2-9(10(13)15-18)14-11(17)7-5-6(16)3-4-8(7)12/h3-5,9,16,18H,2H2,1H3,(H2,13,15)(H,14,17). The van der Waals surface area contributed by atoms with Gasteiger partial charge >= 0.3 is 0 Å². The molecule has 6 nitrogen and oxygen atoms in total. The lowest BCUT2D eigenvalue weighted by Crippen LogP contribution is -2.44. The number of benzene rings is 1. The number of aromatic hydroxyl groups is 1. The maximum absolute atomic E-state index is 11.9. The summed E-state index contributed by atoms with van der Waals surface area (Å²) in [6, 6.07) is 3.44. The molecule has 1 amide bonds. The molecule has 1 atom stereocenters. The second kappa shape index (κ2) is 6.11. The molecule has 1 aromatic rings. The van der Waals surface area contributed by atoms with Crippen molar-refractivity contribution in [2.45, 2.75) is 19.4 Å². The van der Waals surface area contributed by atoms with Crippen LogP contribution in [-0.4, -0.2) is 28.1 Å². The first kappa shape index (κ1) is 14.1. The van der Waals surface area contributed by atoms with Crippen molar-refractivity contribution in [3.63, 3.8) is 0 Å². The van der Waals surface area contributed by atoms with Crippen molar-refractivity contribution in [2.75, 3.05) is 0 Å². The monoisotopic (exact) mass is 271 g/mol. The van der Waals surface area contributed by atoms with Crippen molar-refractivity contribution in [1.29, 1.82) is 0 Å². The average molecular weight is 272 g/mol. The number of carbonyl (C=O) groups excluding carboxylic acids is 1. The van der Waals surface area contributed by atoms with Crippen molar-refractivity contribution < 1.29 is 15.1 Å². The van der Waals surface area contributed by atoms with Gasteiger partial charge in [0.05, 0.1) is 16.6 Å². The molecule has 0 spiro atoms. The van der Waals surface area contributed by atoms with Gasteiger partial charge in [0, 0.05) is 0 Å². The molecule has 0 aliphatic rings. The highest BCUT2D eigenvalue weighted by atomic mass is 35.5. The Labute approximate surface area is 109 Å². The second-order valence-electron chi connectivity index (χ2n) is 3.62. The number of halogens is 1. The number of rotatable bonds is 4. The fraction of sp³-hybridized carbons (Fsp3) is 0.273. The van der Waals surface area contributed by atoms with E-state index in [2.05, 4.69) is 10.5 Å². The Bertz CT molecular complexity index is 477. The minimum absolute atomic E-state index is 0.0682. The SMILES string of the molecule is CCC(NC(=O)c1cc(O)ccc1Cl)/C(N)=N/O. The predicted molar refractivity (Wildman–Crippen MR) is 68.1 cm³/mol. The molecule has 0 aromatic heterocycles. The molecule has 0 heterocycles. The molecule has 1 rings (SSSR count). The maximum Gasteiger partial charge on any atom is 0.253 e. The number of nitrogens with two attached hydrogens (primary N) is 1. The Balaban J connectivity index is 2.91. The zero-order chi connectivity index (χ0) is 13.7. The van der Waals surface area contributed by atoms with Crippen molar-refractivity contribution in [2.24, 2.45) is 10.9 Å². The Morgan fingerprint density at radius 3 is 2.83 bits per heavy atom. The van der Waals surface area contributed by atoms with Crippen LogP contribution in [0.5, 0.6) is 5.75 Å². The van der Waals surface area contributed by atoms with Crippen LogP contribution in [0.4, 0.5) is 0 Å². The molecule has 0 saturated carbocycles. The van der Waals surface area contributed by atoms with E-state index < -0.39 is 11.9 Å². The molecule has 0 radical (unpaired) electrons. The molecule has 18 heavy (non-hydrogen) atoms. The fourth-order valence-corrected chi connectivity index (χ4v) is 1.58. The molecule has 5 N–H and O–H groups in total. The highest BCUT2D eigenvalue weighted by Crippen LogP contribution is 2.21. The summed E-state index contributed by atoms with van der Waals surface area (Å²) in [6.07, 6.45) is 0.456. The summed E-state index contributed by atoms with van der Waals surface area (Å²) < 4.78 is 0. The summed E-state index contributed by atoms with van der Waals surface area (Å²) >= 11 is 5.85. The highest BCUT2D eigenvalue weighted by molar-refractivity contribution is 6.34. The number of oxime groups is 1. The van der Waals surface area contributed by atoms with Gasteiger partial charge in [0.1, 0.15) is 5.75 Å². The molecular formula is C11H14ClN3O3. The van der Waals surface area contributed by atoms with E-state index in [-0.39, 0.29) is 22.2 Å². The third-order valence-electron chi connectivity index (χ3n) is 2.38. The fourth-order valence-electron chi connectivity index (χ4n) is 1.38. The lowest BCUT2D eigenvalue weighted by molar-refractivity contribution is 0.0945. The van der Waals surface area contributed by atoms with Crippen LogP contribution in [-0.2, 0) is 0 Å². The average Bonchev–Trinajstić information content (AvgIpc) is 2.37. The van der Waals surface area contributed by atoms with E-state index in [0.717, 1.165) is 0 Å². The second-order valence-corrected chi connectivity index (χ2v) is 4.03. The zero-order valence-electron chi connectivity index (χ0n) is 9.72. The number of amidine groups is 1. The van der Waals surface area contributed by atoms with Gasteiger partial charge < -0.3 is 21.4 Å². The molecule has 0 saturated heterocycles. The maximum atomic E-state index is 11.9. The predicted octanol–water partition coefficient (Wildman–Crippen LogP) is 1.30. The number of nitrogens with one attached hydrogen (secondary N) is 1. The Kier molecular flexibility index (Phi) is 4.79. The first-order valence-electron chi connectivity index (χ1n) is 5.26. The van der Waals surface area contributed by atoms with E-state index in [1.165, 1.54) is 18.2 Å². The summed E-state index contributed by atoms with van der Waals surface area (Å²) in [6.45, 7) is 1.77. The number of amides is 1. The van der Waals surface area contributed by atoms with Crippen LogP contribution in [0.2, 0.25) is 5.02 Å². The molecule has 0 aliphatic heterocycles. The van der Waals surface area contributed by atoms with Gasteiger partial charge in [-0.1, -0.05) is 23.7 Å². The van der Waals surface area contributed by atoms with E-state index >= 15 is 0 Å². The van der Waals surface area contributed by atoms with E-state index in [4.69, 9.17) is 22.5 Å². The highest BCUT2D eigenvalue weighted by Gasteiger charge is 2.18. The number of nitrogens with zero attached hydrogens (tertiary/aromatic N) is 1. The van der Waals surface area contributed by atoms with Crippen molar-refractivity contribution in [3.05, 3.63) is 28.8 Å². The van der Waals surface area contributed by atoms with Crippen LogP contribution in [0.3, 0.4) is 0 Å². The summed E-state index contributed by atoms with van der Waals surface area (Å²) in [4.78, 5) is 11.9. The number of hydrogen-bond donors (Lipinski definition) is 4. The molecule has 0 aliphatic carbocycles. The first-order valence-corrected chi connectivity index (χ1v) is 5.64. The molecule has 7 heteroatoms. The summed E-state index contributed by atoms with van der Waals surface area (Å²) in [5.41, 5.74) is 5.55. The molecule has 0 bridgehead atoms. The van der Waals surface area contributed by atoms with Crippen LogP contribution in [0.25, 0.3) is 0 Å². The van der Waals surface area contributed by atoms with Gasteiger partial charge in [-0.15, -0.1) is 0 Å². The quantitative estimate of drug-likeness (QED) is 0.286. The number of hydrogen-bond acceptors (Lipinski definition) is 4. The Morgan fingerprint density at radius 1 is 1.61 bits per heavy atom. The van der Waals surface area contributed by atoms with Gasteiger partial charge in [0.2, 0.25) is 0 Å². The lowest BCUT2D eigenvalue weighted by Gasteiger charge is -2.15. The van der Waals surface area contributed by atoms with Crippen molar-refractivity contribution >= 4 is 23.3 Å². The van der Waals surface area contributed by atoms with Crippen LogP contribution in [0, 0.1) is 0 Å². The van der Waals surface area contributed by atoms with Crippen LogP contribution < -0.4 is 11.1 Å². The Hall–Kier alpha value is -1.95.